The first-order valence-electron chi connectivity index (χ1n) is 19.1. The van der Waals surface area contributed by atoms with Gasteiger partial charge in [-0.05, 0) is 91.1 Å². The third kappa shape index (κ3) is 16.2. The van der Waals surface area contributed by atoms with Crippen LogP contribution in [0, 0.1) is 6.92 Å². The van der Waals surface area contributed by atoms with Gasteiger partial charge in [0, 0.05) is 37.4 Å². The second-order valence-electron chi connectivity index (χ2n) is 13.2. The normalized spacial score (nSPS) is 13.7. The SMILES string of the molecule is C=CC(=C)OCC(O)CO/C=C/C=C(\C=C/C)C(c1ccc(OCC(C)O)c(C)c1)C(c1ccc(OCCCO)cc1)c1ccc(OCCCOC(=O)C=C)cc1. The summed E-state index contributed by atoms with van der Waals surface area (Å²) in [6.07, 6.45) is 11.6. The molecular weight excluding hydrogens is 725 g/mol. The van der Waals surface area contributed by atoms with Crippen LogP contribution in [0.2, 0.25) is 0 Å². The molecule has 10 heteroatoms. The number of benzene rings is 3. The van der Waals surface area contributed by atoms with E-state index in [2.05, 4.69) is 62.2 Å². The molecule has 4 atom stereocenters. The van der Waals surface area contributed by atoms with Gasteiger partial charge in [0.2, 0.25) is 0 Å². The van der Waals surface area contributed by atoms with Gasteiger partial charge >= 0.3 is 5.97 Å². The summed E-state index contributed by atoms with van der Waals surface area (Å²) in [6, 6.07) is 22.1. The van der Waals surface area contributed by atoms with Crippen molar-refractivity contribution in [3.05, 3.63) is 163 Å². The monoisotopic (exact) mass is 782 g/mol. The molecule has 0 saturated heterocycles. The highest BCUT2D eigenvalue weighted by Crippen LogP contribution is 2.45. The molecule has 0 bridgehead atoms. The molecule has 0 aliphatic rings. The van der Waals surface area contributed by atoms with Crippen LogP contribution in [0.15, 0.2) is 141 Å². The van der Waals surface area contributed by atoms with E-state index < -0.39 is 18.2 Å². The van der Waals surface area contributed by atoms with Gasteiger partial charge in [0.05, 0.1) is 32.2 Å². The average molecular weight is 783 g/mol. The molecule has 306 valence electrons. The highest BCUT2D eigenvalue weighted by Gasteiger charge is 2.29. The van der Waals surface area contributed by atoms with Crippen LogP contribution in [0.25, 0.3) is 0 Å². The lowest BCUT2D eigenvalue weighted by molar-refractivity contribution is -0.137. The van der Waals surface area contributed by atoms with Crippen molar-refractivity contribution in [1.82, 2.24) is 0 Å². The molecule has 3 N–H and O–H groups in total. The van der Waals surface area contributed by atoms with Crippen LogP contribution >= 0.6 is 0 Å². The van der Waals surface area contributed by atoms with Crippen molar-refractivity contribution < 1.29 is 48.5 Å². The van der Waals surface area contributed by atoms with E-state index in [9.17, 15) is 20.1 Å². The van der Waals surface area contributed by atoms with Crippen molar-refractivity contribution in [3.63, 3.8) is 0 Å². The predicted octanol–water partition coefficient (Wildman–Crippen LogP) is 8.04. The summed E-state index contributed by atoms with van der Waals surface area (Å²) in [5.41, 5.74) is 4.96. The Morgan fingerprint density at radius 2 is 1.42 bits per heavy atom. The Kier molecular flexibility index (Phi) is 20.6. The topological polar surface area (TPSA) is 133 Å². The van der Waals surface area contributed by atoms with E-state index in [1.807, 2.05) is 62.4 Å². The minimum atomic E-state index is -0.864. The standard InChI is InChI=1S/C47H58O10/c1-7-13-37(14-10-26-52-32-41(50)33-56-36(6)8-2)47(40-19-24-44(34(4)30-40)57-31-35(5)49)46(38-15-20-42(21-16-38)53-27-11-25-48)39-17-22-43(23-18-39)54-28-12-29-55-45(51)9-3/h7-10,13-24,26,30,35,41,46-50H,2-3,6,11-12,25,27-29,31-33H2,1,4-5H3/b13-7-,26-10+,37-14+. The van der Waals surface area contributed by atoms with E-state index in [0.717, 1.165) is 33.9 Å². The fourth-order valence-electron chi connectivity index (χ4n) is 5.81. The molecule has 0 aliphatic heterocycles. The number of aliphatic hydroxyl groups is 3. The molecule has 0 spiro atoms. The molecule has 0 fully saturated rings. The molecule has 0 radical (unpaired) electrons. The maximum absolute atomic E-state index is 11.4. The molecule has 0 amide bonds. The van der Waals surface area contributed by atoms with Gasteiger partial charge in [-0.15, -0.1) is 0 Å². The van der Waals surface area contributed by atoms with E-state index in [0.29, 0.717) is 49.1 Å². The fraction of sp³-hybridized carbons (Fsp3) is 0.340. The maximum atomic E-state index is 11.4. The summed E-state index contributed by atoms with van der Waals surface area (Å²) >= 11 is 0. The lowest BCUT2D eigenvalue weighted by Crippen LogP contribution is -2.20. The van der Waals surface area contributed by atoms with Crippen LogP contribution in [0.4, 0.5) is 0 Å². The van der Waals surface area contributed by atoms with Crippen LogP contribution in [0.3, 0.4) is 0 Å². The Morgan fingerprint density at radius 1 is 0.789 bits per heavy atom. The van der Waals surface area contributed by atoms with Crippen molar-refractivity contribution in [2.24, 2.45) is 0 Å². The molecule has 0 aromatic heterocycles. The van der Waals surface area contributed by atoms with Gasteiger partial charge in [-0.3, -0.25) is 0 Å². The number of hydrogen-bond donors (Lipinski definition) is 3. The summed E-state index contributed by atoms with van der Waals surface area (Å²) in [5, 5.41) is 29.4. The van der Waals surface area contributed by atoms with E-state index in [-0.39, 0.29) is 44.9 Å². The Morgan fingerprint density at radius 3 is 1.98 bits per heavy atom. The third-order valence-electron chi connectivity index (χ3n) is 8.55. The number of ether oxygens (including phenoxy) is 6. The van der Waals surface area contributed by atoms with Gasteiger partial charge in [0.25, 0.3) is 0 Å². The second-order valence-corrected chi connectivity index (χ2v) is 13.2. The molecule has 0 heterocycles. The van der Waals surface area contributed by atoms with Crippen molar-refractivity contribution >= 4 is 5.97 Å². The number of aliphatic hydroxyl groups excluding tert-OH is 3. The zero-order valence-corrected chi connectivity index (χ0v) is 33.4. The van der Waals surface area contributed by atoms with Gasteiger partial charge in [-0.1, -0.05) is 74.4 Å². The van der Waals surface area contributed by atoms with Gasteiger partial charge in [0.15, 0.2) is 0 Å². The molecule has 4 unspecified atom stereocenters. The molecule has 3 aromatic carbocycles. The summed E-state index contributed by atoms with van der Waals surface area (Å²) in [4.78, 5) is 11.4. The van der Waals surface area contributed by atoms with Crippen LogP contribution in [0.5, 0.6) is 17.2 Å². The largest absolute Gasteiger partial charge is 0.498 e. The summed E-state index contributed by atoms with van der Waals surface area (Å²) in [6.45, 7) is 17.6. The van der Waals surface area contributed by atoms with Crippen LogP contribution in [-0.4, -0.2) is 79.7 Å². The first-order chi connectivity index (χ1) is 27.6. The molecule has 3 rings (SSSR count). The van der Waals surface area contributed by atoms with Crippen molar-refractivity contribution in [2.75, 3.05) is 46.2 Å². The average Bonchev–Trinajstić information content (AvgIpc) is 3.21. The predicted molar refractivity (Wildman–Crippen MR) is 224 cm³/mol. The molecule has 0 aliphatic carbocycles. The van der Waals surface area contributed by atoms with Crippen LogP contribution in [0.1, 0.15) is 60.8 Å². The van der Waals surface area contributed by atoms with Gasteiger partial charge < -0.3 is 43.7 Å². The van der Waals surface area contributed by atoms with Gasteiger partial charge in [-0.2, -0.15) is 0 Å². The number of carbonyl (C=O) groups excluding carboxylic acids is 1. The van der Waals surface area contributed by atoms with E-state index >= 15 is 0 Å². The van der Waals surface area contributed by atoms with E-state index in [4.69, 9.17) is 28.4 Å². The number of aryl methyl sites for hydroxylation is 1. The number of esters is 1. The van der Waals surface area contributed by atoms with Crippen molar-refractivity contribution in [2.45, 2.75) is 57.7 Å². The number of allylic oxidation sites excluding steroid dienone is 6. The number of carbonyl (C=O) groups is 1. The third-order valence-corrected chi connectivity index (χ3v) is 8.55. The lowest BCUT2D eigenvalue weighted by Gasteiger charge is -2.31. The quantitative estimate of drug-likeness (QED) is 0.0230. The maximum Gasteiger partial charge on any atom is 0.330 e. The zero-order chi connectivity index (χ0) is 41.4. The number of hydrogen-bond acceptors (Lipinski definition) is 10. The second kappa shape index (κ2) is 25.6. The summed E-state index contributed by atoms with van der Waals surface area (Å²) in [5.74, 6) is 1.50. The minimum Gasteiger partial charge on any atom is -0.498 e. The van der Waals surface area contributed by atoms with Gasteiger partial charge in [-0.25, -0.2) is 4.79 Å². The molecule has 0 saturated carbocycles. The highest BCUT2D eigenvalue weighted by molar-refractivity contribution is 5.81. The summed E-state index contributed by atoms with van der Waals surface area (Å²) < 4.78 is 33.9. The molecule has 57 heavy (non-hydrogen) atoms. The summed E-state index contributed by atoms with van der Waals surface area (Å²) in [7, 11) is 0. The minimum absolute atomic E-state index is 0.0218. The smallest absolute Gasteiger partial charge is 0.330 e. The zero-order valence-electron chi connectivity index (χ0n) is 33.4. The van der Waals surface area contributed by atoms with E-state index in [1.54, 1.807) is 13.2 Å². The highest BCUT2D eigenvalue weighted by atomic mass is 16.5. The first-order valence-corrected chi connectivity index (χ1v) is 19.1. The fourth-order valence-corrected chi connectivity index (χ4v) is 5.81. The Bertz CT molecular complexity index is 1770. The Labute approximate surface area is 337 Å². The van der Waals surface area contributed by atoms with Crippen LogP contribution < -0.4 is 14.2 Å². The number of rotatable bonds is 27. The molecule has 10 nitrogen and oxygen atoms in total. The molecular formula is C47H58O10. The van der Waals surface area contributed by atoms with Crippen LogP contribution in [-0.2, 0) is 19.0 Å². The molecule has 3 aromatic rings. The van der Waals surface area contributed by atoms with Crippen molar-refractivity contribution in [1.29, 1.82) is 0 Å². The lowest BCUT2D eigenvalue weighted by atomic mass is 9.73. The van der Waals surface area contributed by atoms with E-state index in [1.165, 1.54) is 6.08 Å². The Hall–Kier alpha value is -5.55. The Balaban J connectivity index is 2.09. The van der Waals surface area contributed by atoms with Crippen molar-refractivity contribution in [3.8, 4) is 17.2 Å². The van der Waals surface area contributed by atoms with Gasteiger partial charge in [0.1, 0.15) is 48.9 Å². The first kappa shape index (κ1) is 45.8.